The molecule has 0 saturated carbocycles. The Morgan fingerprint density at radius 3 is 2.37 bits per heavy atom. The quantitative estimate of drug-likeness (QED) is 0.754. The molecule has 0 aliphatic rings. The number of hydrogen-bond acceptors (Lipinski definition) is 2. The Balaban J connectivity index is 2.13. The maximum atomic E-state index is 6.51. The van der Waals surface area contributed by atoms with Crippen LogP contribution in [0.5, 0.6) is 0 Å². The second-order valence-electron chi connectivity index (χ2n) is 4.99. The smallest absolute Gasteiger partial charge is 0.0702 e. The summed E-state index contributed by atoms with van der Waals surface area (Å²) >= 11 is 0. The summed E-state index contributed by atoms with van der Waals surface area (Å²) in [5.41, 5.74) is 9.09. The number of hydrogen-bond donors (Lipinski definition) is 1. The number of pyridine rings is 1. The normalized spacial score (nSPS) is 14.2. The SMILES string of the molecule is CC(N)(c1ccccc1)c1cnc2ccccc2c1. The van der Waals surface area contributed by atoms with Crippen LogP contribution in [0.3, 0.4) is 0 Å². The molecule has 0 spiro atoms. The van der Waals surface area contributed by atoms with E-state index < -0.39 is 5.54 Å². The molecule has 1 aromatic heterocycles. The van der Waals surface area contributed by atoms with Gasteiger partial charge in [-0.15, -0.1) is 0 Å². The highest BCUT2D eigenvalue weighted by Gasteiger charge is 2.23. The van der Waals surface area contributed by atoms with E-state index in [1.165, 1.54) is 0 Å². The zero-order valence-electron chi connectivity index (χ0n) is 10.9. The van der Waals surface area contributed by atoms with Crippen LogP contribution in [0.4, 0.5) is 0 Å². The molecule has 0 aliphatic heterocycles. The summed E-state index contributed by atoms with van der Waals surface area (Å²) in [6.07, 6.45) is 1.87. The number of nitrogens with two attached hydrogens (primary N) is 1. The van der Waals surface area contributed by atoms with Gasteiger partial charge in [-0.3, -0.25) is 4.98 Å². The van der Waals surface area contributed by atoms with Gasteiger partial charge in [0.05, 0.1) is 11.1 Å². The first-order chi connectivity index (χ1) is 9.18. The summed E-state index contributed by atoms with van der Waals surface area (Å²) in [5.74, 6) is 0. The predicted octanol–water partition coefficient (Wildman–Crippen LogP) is 3.46. The molecule has 0 aliphatic carbocycles. The maximum absolute atomic E-state index is 6.51. The molecule has 19 heavy (non-hydrogen) atoms. The molecule has 94 valence electrons. The zero-order valence-corrected chi connectivity index (χ0v) is 10.9. The summed E-state index contributed by atoms with van der Waals surface area (Å²) in [6, 6.07) is 20.3. The van der Waals surface area contributed by atoms with Gasteiger partial charge in [-0.05, 0) is 30.2 Å². The Morgan fingerprint density at radius 2 is 1.58 bits per heavy atom. The largest absolute Gasteiger partial charge is 0.318 e. The first-order valence-electron chi connectivity index (χ1n) is 6.37. The van der Waals surface area contributed by atoms with Crippen LogP contribution in [0.1, 0.15) is 18.1 Å². The lowest BCUT2D eigenvalue weighted by molar-refractivity contribution is 0.601. The fourth-order valence-corrected chi connectivity index (χ4v) is 2.31. The van der Waals surface area contributed by atoms with E-state index in [-0.39, 0.29) is 0 Å². The standard InChI is InChI=1S/C17H16N2/c1-17(18,14-8-3-2-4-9-14)15-11-13-7-5-6-10-16(13)19-12-15/h2-12H,18H2,1H3. The Labute approximate surface area is 112 Å². The molecular formula is C17H16N2. The Bertz CT molecular complexity index is 703. The van der Waals surface area contributed by atoms with E-state index in [0.717, 1.165) is 22.0 Å². The van der Waals surface area contributed by atoms with Crippen LogP contribution in [0.2, 0.25) is 0 Å². The molecule has 3 rings (SSSR count). The highest BCUT2D eigenvalue weighted by molar-refractivity contribution is 5.79. The van der Waals surface area contributed by atoms with E-state index in [2.05, 4.69) is 29.2 Å². The minimum absolute atomic E-state index is 0.529. The lowest BCUT2D eigenvalue weighted by atomic mass is 9.86. The predicted molar refractivity (Wildman–Crippen MR) is 78.8 cm³/mol. The molecule has 2 nitrogen and oxygen atoms in total. The number of nitrogens with zero attached hydrogens (tertiary/aromatic N) is 1. The van der Waals surface area contributed by atoms with Crippen molar-refractivity contribution in [3.63, 3.8) is 0 Å². The maximum Gasteiger partial charge on any atom is 0.0702 e. The summed E-state index contributed by atoms with van der Waals surface area (Å²) in [7, 11) is 0. The van der Waals surface area contributed by atoms with Crippen LogP contribution in [0.25, 0.3) is 10.9 Å². The third-order valence-corrected chi connectivity index (χ3v) is 3.56. The molecule has 0 fully saturated rings. The van der Waals surface area contributed by atoms with Crippen molar-refractivity contribution < 1.29 is 0 Å². The van der Waals surface area contributed by atoms with Gasteiger partial charge in [0.1, 0.15) is 0 Å². The summed E-state index contributed by atoms with van der Waals surface area (Å²) in [5, 5.41) is 1.12. The van der Waals surface area contributed by atoms with Gasteiger partial charge in [0.15, 0.2) is 0 Å². The molecule has 0 saturated heterocycles. The van der Waals surface area contributed by atoms with E-state index in [9.17, 15) is 0 Å². The Hall–Kier alpha value is -2.19. The molecule has 0 bridgehead atoms. The number of benzene rings is 2. The van der Waals surface area contributed by atoms with E-state index in [4.69, 9.17) is 5.73 Å². The second kappa shape index (κ2) is 4.48. The molecule has 0 amide bonds. The zero-order chi connectivity index (χ0) is 13.3. The van der Waals surface area contributed by atoms with Crippen molar-refractivity contribution in [1.82, 2.24) is 4.98 Å². The summed E-state index contributed by atoms with van der Waals surface area (Å²) in [4.78, 5) is 4.49. The highest BCUT2D eigenvalue weighted by atomic mass is 14.8. The highest BCUT2D eigenvalue weighted by Crippen LogP contribution is 2.27. The van der Waals surface area contributed by atoms with Crippen LogP contribution in [-0.2, 0) is 5.54 Å². The molecule has 1 unspecified atom stereocenters. The lowest BCUT2D eigenvalue weighted by Gasteiger charge is -2.25. The molecule has 3 aromatic rings. The van der Waals surface area contributed by atoms with E-state index in [0.29, 0.717) is 0 Å². The third-order valence-electron chi connectivity index (χ3n) is 3.56. The molecule has 2 aromatic carbocycles. The van der Waals surface area contributed by atoms with Crippen molar-refractivity contribution in [2.75, 3.05) is 0 Å². The van der Waals surface area contributed by atoms with Gasteiger partial charge in [-0.2, -0.15) is 0 Å². The van der Waals surface area contributed by atoms with Crippen molar-refractivity contribution in [3.05, 3.63) is 78.0 Å². The molecular weight excluding hydrogens is 232 g/mol. The molecule has 1 heterocycles. The first kappa shape index (κ1) is 11.9. The van der Waals surface area contributed by atoms with Crippen molar-refractivity contribution >= 4 is 10.9 Å². The van der Waals surface area contributed by atoms with Crippen LogP contribution < -0.4 is 5.73 Å². The number of rotatable bonds is 2. The van der Waals surface area contributed by atoms with Crippen LogP contribution in [0.15, 0.2) is 66.9 Å². The van der Waals surface area contributed by atoms with Gasteiger partial charge in [0, 0.05) is 11.6 Å². The Kier molecular flexibility index (Phi) is 2.80. The van der Waals surface area contributed by atoms with Gasteiger partial charge in [-0.25, -0.2) is 0 Å². The van der Waals surface area contributed by atoms with Crippen molar-refractivity contribution in [2.24, 2.45) is 5.73 Å². The fraction of sp³-hybridized carbons (Fsp3) is 0.118. The number of fused-ring (bicyclic) bond motifs is 1. The van der Waals surface area contributed by atoms with Crippen molar-refractivity contribution in [2.45, 2.75) is 12.5 Å². The fourth-order valence-electron chi connectivity index (χ4n) is 2.31. The molecule has 2 N–H and O–H groups in total. The van der Waals surface area contributed by atoms with E-state index in [1.807, 2.05) is 49.5 Å². The van der Waals surface area contributed by atoms with Gasteiger partial charge in [0.25, 0.3) is 0 Å². The Morgan fingerprint density at radius 1 is 0.895 bits per heavy atom. The van der Waals surface area contributed by atoms with Gasteiger partial charge in [-0.1, -0.05) is 48.5 Å². The van der Waals surface area contributed by atoms with Gasteiger partial charge >= 0.3 is 0 Å². The average Bonchev–Trinajstić information content (AvgIpc) is 2.47. The second-order valence-corrected chi connectivity index (χ2v) is 4.99. The van der Waals surface area contributed by atoms with Gasteiger partial charge in [0.2, 0.25) is 0 Å². The summed E-state index contributed by atoms with van der Waals surface area (Å²) < 4.78 is 0. The average molecular weight is 248 g/mol. The lowest BCUT2D eigenvalue weighted by Crippen LogP contribution is -2.34. The van der Waals surface area contributed by atoms with E-state index in [1.54, 1.807) is 0 Å². The van der Waals surface area contributed by atoms with Gasteiger partial charge < -0.3 is 5.73 Å². The van der Waals surface area contributed by atoms with Crippen LogP contribution >= 0.6 is 0 Å². The molecule has 0 radical (unpaired) electrons. The van der Waals surface area contributed by atoms with Crippen LogP contribution in [-0.4, -0.2) is 4.98 Å². The molecule has 1 atom stereocenters. The van der Waals surface area contributed by atoms with Crippen LogP contribution in [0, 0.1) is 0 Å². The summed E-state index contributed by atoms with van der Waals surface area (Å²) in [6.45, 7) is 2.02. The topological polar surface area (TPSA) is 38.9 Å². The monoisotopic (exact) mass is 248 g/mol. The minimum Gasteiger partial charge on any atom is -0.318 e. The molecule has 2 heteroatoms. The third kappa shape index (κ3) is 2.11. The van der Waals surface area contributed by atoms with Crippen molar-refractivity contribution in [1.29, 1.82) is 0 Å². The number of para-hydroxylation sites is 1. The van der Waals surface area contributed by atoms with E-state index >= 15 is 0 Å². The number of aromatic nitrogens is 1. The first-order valence-corrected chi connectivity index (χ1v) is 6.37. The minimum atomic E-state index is -0.529. The van der Waals surface area contributed by atoms with Crippen molar-refractivity contribution in [3.8, 4) is 0 Å².